The number of sulfonamides is 2. The van der Waals surface area contributed by atoms with Crippen molar-refractivity contribution in [2.45, 2.75) is 36.5 Å². The Hall–Kier alpha value is -2.53. The standard InChI is InChI=1S/C20H23N3O5S2/c1-3-16-6-7-17(19-12-14(2)23-28-19)13-20(16)30(26,27)22-11-10-15-4-8-18(9-5-15)29(21,24)25/h4-9,12-13,22H,3,10-11H2,1-2H3,(H2,21,24,25). The van der Waals surface area contributed by atoms with Crippen molar-refractivity contribution in [1.29, 1.82) is 0 Å². The van der Waals surface area contributed by atoms with E-state index in [9.17, 15) is 16.8 Å². The fraction of sp³-hybridized carbons (Fsp3) is 0.250. The van der Waals surface area contributed by atoms with Crippen LogP contribution >= 0.6 is 0 Å². The quantitative estimate of drug-likeness (QED) is 0.543. The fourth-order valence-electron chi connectivity index (χ4n) is 3.00. The Morgan fingerprint density at radius 3 is 2.30 bits per heavy atom. The van der Waals surface area contributed by atoms with E-state index in [1.54, 1.807) is 37.3 Å². The first-order valence-electron chi connectivity index (χ1n) is 9.28. The molecule has 0 radical (unpaired) electrons. The molecule has 1 aromatic heterocycles. The van der Waals surface area contributed by atoms with Gasteiger partial charge in [0, 0.05) is 18.2 Å². The third kappa shape index (κ3) is 5.14. The van der Waals surface area contributed by atoms with Gasteiger partial charge in [0.25, 0.3) is 0 Å². The van der Waals surface area contributed by atoms with Gasteiger partial charge in [-0.3, -0.25) is 0 Å². The molecule has 0 saturated carbocycles. The Morgan fingerprint density at radius 2 is 1.73 bits per heavy atom. The summed E-state index contributed by atoms with van der Waals surface area (Å²) in [5.74, 6) is 0.501. The van der Waals surface area contributed by atoms with E-state index in [1.165, 1.54) is 12.1 Å². The molecule has 30 heavy (non-hydrogen) atoms. The second kappa shape index (κ2) is 8.68. The highest BCUT2D eigenvalue weighted by molar-refractivity contribution is 7.89. The van der Waals surface area contributed by atoms with E-state index in [2.05, 4.69) is 9.88 Å². The van der Waals surface area contributed by atoms with Gasteiger partial charge in [0.2, 0.25) is 20.0 Å². The number of hydrogen-bond acceptors (Lipinski definition) is 6. The first kappa shape index (κ1) is 22.2. The van der Waals surface area contributed by atoms with E-state index in [1.807, 2.05) is 13.0 Å². The normalized spacial score (nSPS) is 12.2. The minimum atomic E-state index is -3.76. The number of benzene rings is 2. The highest BCUT2D eigenvalue weighted by Crippen LogP contribution is 2.26. The second-order valence-corrected chi connectivity index (χ2v) is 10.1. The third-order valence-electron chi connectivity index (χ3n) is 4.61. The van der Waals surface area contributed by atoms with Gasteiger partial charge < -0.3 is 4.52 Å². The molecule has 10 heteroatoms. The van der Waals surface area contributed by atoms with Gasteiger partial charge in [-0.25, -0.2) is 26.7 Å². The molecule has 0 bridgehead atoms. The highest BCUT2D eigenvalue weighted by atomic mass is 32.2. The fourth-order valence-corrected chi connectivity index (χ4v) is 4.88. The summed E-state index contributed by atoms with van der Waals surface area (Å²) in [4.78, 5) is 0.208. The van der Waals surface area contributed by atoms with Crippen molar-refractivity contribution in [2.24, 2.45) is 5.14 Å². The van der Waals surface area contributed by atoms with Crippen molar-refractivity contribution in [1.82, 2.24) is 9.88 Å². The monoisotopic (exact) mass is 449 g/mol. The summed E-state index contributed by atoms with van der Waals surface area (Å²) in [5.41, 5.74) is 2.82. The summed E-state index contributed by atoms with van der Waals surface area (Å²) in [6.07, 6.45) is 0.952. The van der Waals surface area contributed by atoms with Crippen LogP contribution in [0.2, 0.25) is 0 Å². The summed E-state index contributed by atoms with van der Waals surface area (Å²) in [6, 6.07) is 12.9. The molecule has 0 saturated heterocycles. The number of aryl methyl sites for hydroxylation is 2. The third-order valence-corrected chi connectivity index (χ3v) is 7.08. The van der Waals surface area contributed by atoms with Crippen LogP contribution in [-0.4, -0.2) is 28.5 Å². The zero-order chi connectivity index (χ0) is 21.9. The molecule has 1 heterocycles. The maximum Gasteiger partial charge on any atom is 0.240 e. The lowest BCUT2D eigenvalue weighted by Gasteiger charge is -2.12. The minimum absolute atomic E-state index is 0.0129. The van der Waals surface area contributed by atoms with Gasteiger partial charge in [0.15, 0.2) is 5.76 Å². The largest absolute Gasteiger partial charge is 0.356 e. The van der Waals surface area contributed by atoms with Gasteiger partial charge in [-0.15, -0.1) is 0 Å². The highest BCUT2D eigenvalue weighted by Gasteiger charge is 2.19. The number of nitrogens with one attached hydrogen (secondary N) is 1. The number of hydrogen-bond donors (Lipinski definition) is 2. The lowest BCUT2D eigenvalue weighted by atomic mass is 10.1. The number of rotatable bonds is 8. The van der Waals surface area contributed by atoms with Gasteiger partial charge in [0.05, 0.1) is 15.5 Å². The molecular formula is C20H23N3O5S2. The molecule has 0 atom stereocenters. The maximum absolute atomic E-state index is 12.9. The zero-order valence-corrected chi connectivity index (χ0v) is 18.3. The molecule has 0 fully saturated rings. The number of nitrogens with zero attached hydrogens (tertiary/aromatic N) is 1. The van der Waals surface area contributed by atoms with Crippen LogP contribution < -0.4 is 9.86 Å². The lowest BCUT2D eigenvalue weighted by molar-refractivity contribution is 0.427. The Balaban J connectivity index is 1.76. The molecule has 0 amide bonds. The van der Waals surface area contributed by atoms with Crippen LogP contribution in [0.5, 0.6) is 0 Å². The lowest BCUT2D eigenvalue weighted by Crippen LogP contribution is -2.27. The number of aromatic nitrogens is 1. The maximum atomic E-state index is 12.9. The van der Waals surface area contributed by atoms with Crippen molar-refractivity contribution in [3.05, 3.63) is 65.4 Å². The average molecular weight is 450 g/mol. The number of primary sulfonamides is 1. The van der Waals surface area contributed by atoms with Crippen LogP contribution in [0.1, 0.15) is 23.7 Å². The van der Waals surface area contributed by atoms with Gasteiger partial charge in [-0.1, -0.05) is 36.3 Å². The molecule has 0 aliphatic carbocycles. The van der Waals surface area contributed by atoms with Crippen LogP contribution in [0.3, 0.4) is 0 Å². The van der Waals surface area contributed by atoms with Crippen molar-refractivity contribution >= 4 is 20.0 Å². The molecule has 3 aromatic rings. The van der Waals surface area contributed by atoms with E-state index >= 15 is 0 Å². The molecule has 0 aliphatic rings. The van der Waals surface area contributed by atoms with Crippen LogP contribution in [0.4, 0.5) is 0 Å². The molecule has 3 rings (SSSR count). The molecule has 0 aliphatic heterocycles. The first-order valence-corrected chi connectivity index (χ1v) is 12.3. The van der Waals surface area contributed by atoms with Gasteiger partial charge in [-0.2, -0.15) is 0 Å². The first-order chi connectivity index (χ1) is 14.1. The van der Waals surface area contributed by atoms with Gasteiger partial charge >= 0.3 is 0 Å². The minimum Gasteiger partial charge on any atom is -0.356 e. The SMILES string of the molecule is CCc1ccc(-c2cc(C)no2)cc1S(=O)(=O)NCCc1ccc(S(N)(=O)=O)cc1. The summed E-state index contributed by atoms with van der Waals surface area (Å²) < 4.78 is 56.3. The molecule has 2 aromatic carbocycles. The molecule has 3 N–H and O–H groups in total. The van der Waals surface area contributed by atoms with E-state index in [-0.39, 0.29) is 16.3 Å². The Bertz CT molecular complexity index is 1250. The summed E-state index contributed by atoms with van der Waals surface area (Å²) >= 11 is 0. The smallest absolute Gasteiger partial charge is 0.240 e. The summed E-state index contributed by atoms with van der Waals surface area (Å²) in [6.45, 7) is 3.84. The molecule has 160 valence electrons. The van der Waals surface area contributed by atoms with Crippen molar-refractivity contribution in [2.75, 3.05) is 6.54 Å². The van der Waals surface area contributed by atoms with Crippen LogP contribution in [0.25, 0.3) is 11.3 Å². The van der Waals surface area contributed by atoms with Crippen LogP contribution in [0, 0.1) is 6.92 Å². The van der Waals surface area contributed by atoms with Crippen LogP contribution in [-0.2, 0) is 32.9 Å². The summed E-state index contributed by atoms with van der Waals surface area (Å²) in [7, 11) is -7.51. The predicted molar refractivity (Wildman–Crippen MR) is 113 cm³/mol. The van der Waals surface area contributed by atoms with E-state index in [4.69, 9.17) is 9.66 Å². The van der Waals surface area contributed by atoms with E-state index < -0.39 is 20.0 Å². The zero-order valence-electron chi connectivity index (χ0n) is 16.6. The number of nitrogens with two attached hydrogens (primary N) is 1. The van der Waals surface area contributed by atoms with Crippen molar-refractivity contribution in [3.63, 3.8) is 0 Å². The predicted octanol–water partition coefficient (Wildman–Crippen LogP) is 2.38. The second-order valence-electron chi connectivity index (χ2n) is 6.85. The van der Waals surface area contributed by atoms with Crippen molar-refractivity contribution < 1.29 is 21.4 Å². The topological polar surface area (TPSA) is 132 Å². The van der Waals surface area contributed by atoms with Gasteiger partial charge in [-0.05, 0) is 49.1 Å². The van der Waals surface area contributed by atoms with E-state index in [0.29, 0.717) is 35.4 Å². The van der Waals surface area contributed by atoms with Gasteiger partial charge in [0.1, 0.15) is 0 Å². The molecule has 0 unspecified atom stereocenters. The van der Waals surface area contributed by atoms with Crippen molar-refractivity contribution in [3.8, 4) is 11.3 Å². The molecule has 0 spiro atoms. The summed E-state index contributed by atoms with van der Waals surface area (Å²) in [5, 5.41) is 8.93. The average Bonchev–Trinajstić information content (AvgIpc) is 3.13. The van der Waals surface area contributed by atoms with E-state index in [0.717, 1.165) is 5.56 Å². The van der Waals surface area contributed by atoms with Crippen LogP contribution in [0.15, 0.2) is 62.8 Å². The Kier molecular flexibility index (Phi) is 6.41. The Morgan fingerprint density at radius 1 is 1.03 bits per heavy atom. The molecule has 8 nitrogen and oxygen atoms in total. The molecular weight excluding hydrogens is 426 g/mol. The Labute approximate surface area is 176 Å².